The average Bonchev–Trinajstić information content (AvgIpc) is 3.04. The van der Waals surface area contributed by atoms with E-state index < -0.39 is 0 Å². The Bertz CT molecular complexity index is 825. The zero-order valence-electron chi connectivity index (χ0n) is 17.0. The van der Waals surface area contributed by atoms with Crippen molar-refractivity contribution >= 4 is 11.6 Å². The Balaban J connectivity index is 2.04. The van der Waals surface area contributed by atoms with E-state index in [2.05, 4.69) is 34.6 Å². The van der Waals surface area contributed by atoms with E-state index in [-0.39, 0.29) is 28.5 Å². The summed E-state index contributed by atoms with van der Waals surface area (Å²) >= 11 is 0. The van der Waals surface area contributed by atoms with E-state index in [9.17, 15) is 9.90 Å². The molecule has 0 spiro atoms. The number of benzene rings is 2. The van der Waals surface area contributed by atoms with Gasteiger partial charge >= 0.3 is 0 Å². The van der Waals surface area contributed by atoms with Gasteiger partial charge in [0.25, 0.3) is 5.91 Å². The summed E-state index contributed by atoms with van der Waals surface area (Å²) in [6.07, 6.45) is 0. The molecule has 0 radical (unpaired) electrons. The van der Waals surface area contributed by atoms with Crippen molar-refractivity contribution in [3.05, 3.63) is 54.1 Å². The molecule has 1 aliphatic carbocycles. The van der Waals surface area contributed by atoms with Crippen molar-refractivity contribution in [3.63, 3.8) is 0 Å². The minimum absolute atomic E-state index is 0.00234. The van der Waals surface area contributed by atoms with Gasteiger partial charge in [-0.15, -0.1) is 0 Å². The molecule has 1 aliphatic rings. The molecule has 1 saturated carbocycles. The summed E-state index contributed by atoms with van der Waals surface area (Å²) in [6, 6.07) is 14.2. The predicted molar refractivity (Wildman–Crippen MR) is 108 cm³/mol. The van der Waals surface area contributed by atoms with E-state index in [4.69, 9.17) is 4.74 Å². The van der Waals surface area contributed by atoms with Crippen LogP contribution in [0.25, 0.3) is 0 Å². The molecular formula is C23H29NO3. The van der Waals surface area contributed by atoms with Crippen LogP contribution in [0.15, 0.2) is 48.5 Å². The molecule has 4 heteroatoms. The fourth-order valence-corrected chi connectivity index (χ4v) is 4.67. The second-order valence-electron chi connectivity index (χ2n) is 8.55. The molecule has 0 saturated heterocycles. The number of amides is 1. The Morgan fingerprint density at radius 1 is 1.04 bits per heavy atom. The Kier molecular flexibility index (Phi) is 4.71. The Labute approximate surface area is 161 Å². The van der Waals surface area contributed by atoms with Crippen LogP contribution in [0.1, 0.15) is 45.0 Å². The number of ether oxygens (including phenoxy) is 1. The summed E-state index contributed by atoms with van der Waals surface area (Å²) < 4.78 is 5.26. The molecule has 1 amide bonds. The van der Waals surface area contributed by atoms with Crippen molar-refractivity contribution in [1.82, 2.24) is 0 Å². The molecule has 1 fully saturated rings. The third-order valence-electron chi connectivity index (χ3n) is 6.73. The van der Waals surface area contributed by atoms with Crippen molar-refractivity contribution in [2.75, 3.05) is 12.0 Å². The van der Waals surface area contributed by atoms with E-state index in [0.29, 0.717) is 11.5 Å². The number of aromatic hydroxyl groups is 1. The zero-order chi connectivity index (χ0) is 20.0. The number of carbonyl (C=O) groups excluding carboxylic acids is 1. The van der Waals surface area contributed by atoms with Gasteiger partial charge in [-0.05, 0) is 60.1 Å². The standard InChI is InChI=1S/C23H29NO3/c1-15(20-22(2,3)23(20,4)5)24(16-11-13-17(27-6)14-12-16)21(26)18-9-7-8-10-19(18)25/h7-15,20,25H,1-6H3/t15-/m0/s1. The number of phenols is 1. The third-order valence-corrected chi connectivity index (χ3v) is 6.73. The van der Waals surface area contributed by atoms with Gasteiger partial charge in [-0.3, -0.25) is 4.79 Å². The molecule has 3 rings (SSSR count). The molecule has 0 bridgehead atoms. The molecule has 0 aromatic heterocycles. The van der Waals surface area contributed by atoms with Crippen molar-refractivity contribution in [1.29, 1.82) is 0 Å². The minimum atomic E-state index is -0.190. The second kappa shape index (κ2) is 6.59. The van der Waals surface area contributed by atoms with Crippen LogP contribution in [-0.2, 0) is 0 Å². The first-order valence-corrected chi connectivity index (χ1v) is 9.38. The van der Waals surface area contributed by atoms with Gasteiger partial charge in [-0.1, -0.05) is 39.8 Å². The number of nitrogens with zero attached hydrogens (tertiary/aromatic N) is 1. The minimum Gasteiger partial charge on any atom is -0.507 e. The quantitative estimate of drug-likeness (QED) is 0.798. The summed E-state index contributed by atoms with van der Waals surface area (Å²) in [7, 11) is 1.62. The number of anilines is 1. The van der Waals surface area contributed by atoms with Gasteiger partial charge < -0.3 is 14.7 Å². The van der Waals surface area contributed by atoms with E-state index >= 15 is 0 Å². The summed E-state index contributed by atoms with van der Waals surface area (Å²) in [6.45, 7) is 11.1. The van der Waals surface area contributed by atoms with Crippen LogP contribution in [0.4, 0.5) is 5.69 Å². The second-order valence-corrected chi connectivity index (χ2v) is 8.55. The maximum Gasteiger partial charge on any atom is 0.262 e. The highest BCUT2D eigenvalue weighted by Crippen LogP contribution is 2.70. The van der Waals surface area contributed by atoms with Crippen LogP contribution >= 0.6 is 0 Å². The van der Waals surface area contributed by atoms with Crippen molar-refractivity contribution in [2.45, 2.75) is 40.7 Å². The van der Waals surface area contributed by atoms with E-state index in [1.165, 1.54) is 0 Å². The summed E-state index contributed by atoms with van der Waals surface area (Å²) in [5, 5.41) is 10.2. The van der Waals surface area contributed by atoms with Gasteiger partial charge in [-0.25, -0.2) is 0 Å². The molecule has 0 unspecified atom stereocenters. The zero-order valence-corrected chi connectivity index (χ0v) is 17.0. The highest BCUT2D eigenvalue weighted by molar-refractivity contribution is 6.08. The molecule has 1 atom stereocenters. The Hall–Kier alpha value is -2.49. The van der Waals surface area contributed by atoms with E-state index in [1.54, 1.807) is 31.4 Å². The molecular weight excluding hydrogens is 338 g/mol. The summed E-state index contributed by atoms with van der Waals surface area (Å²) in [4.78, 5) is 15.3. The fourth-order valence-electron chi connectivity index (χ4n) is 4.67. The lowest BCUT2D eigenvalue weighted by Gasteiger charge is -2.31. The molecule has 4 nitrogen and oxygen atoms in total. The predicted octanol–water partition coefficient (Wildman–Crippen LogP) is 5.12. The first-order chi connectivity index (χ1) is 12.6. The van der Waals surface area contributed by atoms with Gasteiger partial charge in [0.05, 0.1) is 12.7 Å². The van der Waals surface area contributed by atoms with Crippen LogP contribution in [0, 0.1) is 16.7 Å². The molecule has 27 heavy (non-hydrogen) atoms. The number of hydrogen-bond donors (Lipinski definition) is 1. The van der Waals surface area contributed by atoms with E-state index in [1.807, 2.05) is 29.2 Å². The summed E-state index contributed by atoms with van der Waals surface area (Å²) in [5.41, 5.74) is 1.39. The van der Waals surface area contributed by atoms with Gasteiger partial charge in [0.2, 0.25) is 0 Å². The van der Waals surface area contributed by atoms with Gasteiger partial charge in [0, 0.05) is 11.7 Å². The van der Waals surface area contributed by atoms with Crippen LogP contribution in [0.5, 0.6) is 11.5 Å². The largest absolute Gasteiger partial charge is 0.507 e. The molecule has 144 valence electrons. The average molecular weight is 367 g/mol. The molecule has 2 aromatic carbocycles. The maximum atomic E-state index is 13.5. The topological polar surface area (TPSA) is 49.8 Å². The monoisotopic (exact) mass is 367 g/mol. The molecule has 0 aliphatic heterocycles. The van der Waals surface area contributed by atoms with Crippen LogP contribution in [0.3, 0.4) is 0 Å². The number of para-hydroxylation sites is 1. The van der Waals surface area contributed by atoms with Gasteiger partial charge in [-0.2, -0.15) is 0 Å². The Morgan fingerprint density at radius 3 is 2.07 bits per heavy atom. The lowest BCUT2D eigenvalue weighted by atomic mass is 10.0. The third kappa shape index (κ3) is 3.07. The molecule has 0 heterocycles. The van der Waals surface area contributed by atoms with Crippen molar-refractivity contribution in [2.24, 2.45) is 16.7 Å². The molecule has 1 N–H and O–H groups in total. The highest BCUT2D eigenvalue weighted by atomic mass is 16.5. The molecule has 2 aromatic rings. The number of rotatable bonds is 5. The fraction of sp³-hybridized carbons (Fsp3) is 0.435. The maximum absolute atomic E-state index is 13.5. The first-order valence-electron chi connectivity index (χ1n) is 9.38. The number of phenolic OH excluding ortho intramolecular Hbond substituents is 1. The van der Waals surface area contributed by atoms with Crippen LogP contribution < -0.4 is 9.64 Å². The van der Waals surface area contributed by atoms with Crippen LogP contribution in [0.2, 0.25) is 0 Å². The summed E-state index contributed by atoms with van der Waals surface area (Å²) in [5.74, 6) is 0.905. The lowest BCUT2D eigenvalue weighted by molar-refractivity contribution is 0.0970. The highest BCUT2D eigenvalue weighted by Gasteiger charge is 2.67. The normalized spacial score (nSPS) is 18.6. The van der Waals surface area contributed by atoms with E-state index in [0.717, 1.165) is 11.4 Å². The number of methoxy groups -OCH3 is 1. The van der Waals surface area contributed by atoms with Crippen LogP contribution in [-0.4, -0.2) is 24.2 Å². The number of hydrogen-bond acceptors (Lipinski definition) is 3. The smallest absolute Gasteiger partial charge is 0.262 e. The first kappa shape index (κ1) is 19.3. The Morgan fingerprint density at radius 2 is 1.59 bits per heavy atom. The van der Waals surface area contributed by atoms with Crippen molar-refractivity contribution < 1.29 is 14.6 Å². The SMILES string of the molecule is COc1ccc(N(C(=O)c2ccccc2O)[C@@H](C)C2C(C)(C)C2(C)C)cc1. The van der Waals surface area contributed by atoms with Crippen molar-refractivity contribution in [3.8, 4) is 11.5 Å². The number of carbonyl (C=O) groups is 1. The lowest BCUT2D eigenvalue weighted by Crippen LogP contribution is -2.41. The van der Waals surface area contributed by atoms with Gasteiger partial charge in [0.15, 0.2) is 0 Å². The van der Waals surface area contributed by atoms with Gasteiger partial charge in [0.1, 0.15) is 11.5 Å².